The molecular formula is C24H27N3O4S2. The Morgan fingerprint density at radius 2 is 2.00 bits per heavy atom. The minimum atomic E-state index is -0.367. The highest BCUT2D eigenvalue weighted by Gasteiger charge is 2.28. The maximum Gasteiger partial charge on any atom is 0.267 e. The van der Waals surface area contributed by atoms with E-state index in [1.54, 1.807) is 15.9 Å². The Labute approximate surface area is 200 Å². The third-order valence-corrected chi connectivity index (χ3v) is 8.29. The molecule has 1 aromatic carbocycles. The fraction of sp³-hybridized carbons (Fsp3) is 0.458. The smallest absolute Gasteiger partial charge is 0.267 e. The van der Waals surface area contributed by atoms with Crippen LogP contribution in [0.25, 0.3) is 15.9 Å². The number of aromatic nitrogens is 2. The molecular weight excluding hydrogens is 458 g/mol. The van der Waals surface area contributed by atoms with Crippen LogP contribution in [0.2, 0.25) is 0 Å². The summed E-state index contributed by atoms with van der Waals surface area (Å²) in [6, 6.07) is 7.49. The summed E-state index contributed by atoms with van der Waals surface area (Å²) < 4.78 is 12.6. The third-order valence-electron chi connectivity index (χ3n) is 6.07. The average Bonchev–Trinajstić information content (AvgIpc) is 3.41. The van der Waals surface area contributed by atoms with Gasteiger partial charge in [-0.25, -0.2) is 4.98 Å². The summed E-state index contributed by atoms with van der Waals surface area (Å²) in [6.07, 6.45) is 3.02. The zero-order valence-corrected chi connectivity index (χ0v) is 20.5. The van der Waals surface area contributed by atoms with Crippen molar-refractivity contribution < 1.29 is 14.3 Å². The van der Waals surface area contributed by atoms with E-state index in [0.29, 0.717) is 38.1 Å². The van der Waals surface area contributed by atoms with Crippen molar-refractivity contribution in [2.75, 3.05) is 32.9 Å². The number of amides is 1. The summed E-state index contributed by atoms with van der Waals surface area (Å²) in [6.45, 7) is 6.72. The summed E-state index contributed by atoms with van der Waals surface area (Å²) >= 11 is 2.97. The molecule has 1 aliphatic carbocycles. The first-order valence-electron chi connectivity index (χ1n) is 11.4. The lowest BCUT2D eigenvalue weighted by atomic mass is 10.2. The predicted molar refractivity (Wildman–Crippen MR) is 131 cm³/mol. The first-order valence-corrected chi connectivity index (χ1v) is 13.1. The number of fused-ring (bicyclic) bond motifs is 3. The van der Waals surface area contributed by atoms with Crippen molar-refractivity contribution in [2.45, 2.75) is 43.5 Å². The van der Waals surface area contributed by atoms with Crippen molar-refractivity contribution in [2.24, 2.45) is 0 Å². The van der Waals surface area contributed by atoms with Crippen molar-refractivity contribution in [3.05, 3.63) is 45.1 Å². The number of ether oxygens (including phenoxy) is 2. The number of benzene rings is 1. The standard InChI is InChI=1S/C24H27N3O4S2/c1-3-31-17-9-7-16(8-10-17)27-23(29)20-18-5-4-6-19(18)33-21(20)25-24(27)32-15(2)22(28)26-11-13-30-14-12-26/h7-10,15H,3-6,11-14H2,1-2H3. The van der Waals surface area contributed by atoms with Gasteiger partial charge in [0.2, 0.25) is 5.91 Å². The van der Waals surface area contributed by atoms with Crippen LogP contribution in [0.3, 0.4) is 0 Å². The van der Waals surface area contributed by atoms with Gasteiger partial charge in [0, 0.05) is 18.0 Å². The zero-order chi connectivity index (χ0) is 22.9. The largest absolute Gasteiger partial charge is 0.494 e. The first kappa shape index (κ1) is 22.4. The monoisotopic (exact) mass is 485 g/mol. The number of morpholine rings is 1. The quantitative estimate of drug-likeness (QED) is 0.392. The van der Waals surface area contributed by atoms with E-state index < -0.39 is 0 Å². The summed E-state index contributed by atoms with van der Waals surface area (Å²) in [5.74, 6) is 0.800. The molecule has 3 heterocycles. The highest BCUT2D eigenvalue weighted by atomic mass is 32.2. The zero-order valence-electron chi connectivity index (χ0n) is 18.8. The summed E-state index contributed by atoms with van der Waals surface area (Å²) in [5, 5.41) is 0.914. The summed E-state index contributed by atoms with van der Waals surface area (Å²) in [5.41, 5.74) is 1.82. The van der Waals surface area contributed by atoms with Gasteiger partial charge in [0.15, 0.2) is 5.16 Å². The number of hydrogen-bond acceptors (Lipinski definition) is 7. The molecule has 3 aromatic rings. The van der Waals surface area contributed by atoms with Crippen LogP contribution in [0, 0.1) is 0 Å². The van der Waals surface area contributed by atoms with Gasteiger partial charge in [-0.2, -0.15) is 0 Å². The molecule has 1 fully saturated rings. The minimum absolute atomic E-state index is 0.0459. The van der Waals surface area contributed by atoms with Crippen molar-refractivity contribution in [1.29, 1.82) is 0 Å². The molecule has 1 amide bonds. The molecule has 0 radical (unpaired) electrons. The molecule has 1 atom stereocenters. The molecule has 174 valence electrons. The SMILES string of the molecule is CCOc1ccc(-n2c(SC(C)C(=O)N3CCOCC3)nc3sc4c(c3c2=O)CCC4)cc1. The molecule has 0 spiro atoms. The fourth-order valence-electron chi connectivity index (χ4n) is 4.44. The van der Waals surface area contributed by atoms with Crippen LogP contribution >= 0.6 is 23.1 Å². The molecule has 1 aliphatic heterocycles. The van der Waals surface area contributed by atoms with Gasteiger partial charge >= 0.3 is 0 Å². The lowest BCUT2D eigenvalue weighted by Crippen LogP contribution is -2.44. The van der Waals surface area contributed by atoms with Gasteiger partial charge in [-0.05, 0) is 62.9 Å². The number of thioether (sulfide) groups is 1. The molecule has 0 saturated carbocycles. The second kappa shape index (κ2) is 9.48. The second-order valence-corrected chi connectivity index (χ2v) is 10.6. The number of nitrogens with zero attached hydrogens (tertiary/aromatic N) is 3. The van der Waals surface area contributed by atoms with Crippen LogP contribution < -0.4 is 10.3 Å². The van der Waals surface area contributed by atoms with Gasteiger partial charge in [0.25, 0.3) is 5.56 Å². The lowest BCUT2D eigenvalue weighted by molar-refractivity contribution is -0.134. The van der Waals surface area contributed by atoms with Gasteiger partial charge in [-0.15, -0.1) is 11.3 Å². The van der Waals surface area contributed by atoms with Crippen LogP contribution in [-0.4, -0.2) is 58.5 Å². The fourth-order valence-corrected chi connectivity index (χ4v) is 6.75. The van der Waals surface area contributed by atoms with Gasteiger partial charge in [-0.1, -0.05) is 11.8 Å². The van der Waals surface area contributed by atoms with Crippen LogP contribution in [0.15, 0.2) is 34.2 Å². The maximum absolute atomic E-state index is 13.8. The van der Waals surface area contributed by atoms with Crippen molar-refractivity contribution >= 4 is 39.2 Å². The first-order chi connectivity index (χ1) is 16.1. The molecule has 33 heavy (non-hydrogen) atoms. The Bertz CT molecular complexity index is 1230. The molecule has 0 bridgehead atoms. The van der Waals surface area contributed by atoms with E-state index in [1.165, 1.54) is 16.6 Å². The number of thiophene rings is 1. The topological polar surface area (TPSA) is 73.7 Å². The Morgan fingerprint density at radius 1 is 1.24 bits per heavy atom. The summed E-state index contributed by atoms with van der Waals surface area (Å²) in [7, 11) is 0. The Morgan fingerprint density at radius 3 is 2.73 bits per heavy atom. The van der Waals surface area contributed by atoms with Crippen LogP contribution in [-0.2, 0) is 22.4 Å². The van der Waals surface area contributed by atoms with Crippen molar-refractivity contribution in [3.8, 4) is 11.4 Å². The molecule has 9 heteroatoms. The Balaban J connectivity index is 1.57. The molecule has 7 nitrogen and oxygen atoms in total. The van der Waals surface area contributed by atoms with Gasteiger partial charge in [0.05, 0.1) is 36.1 Å². The van der Waals surface area contributed by atoms with Crippen LogP contribution in [0.5, 0.6) is 5.75 Å². The average molecular weight is 486 g/mol. The molecule has 2 aliphatic rings. The molecule has 1 saturated heterocycles. The lowest BCUT2D eigenvalue weighted by Gasteiger charge is -2.29. The second-order valence-electron chi connectivity index (χ2n) is 8.20. The third kappa shape index (κ3) is 4.29. The van der Waals surface area contributed by atoms with Crippen LogP contribution in [0.4, 0.5) is 0 Å². The van der Waals surface area contributed by atoms with Gasteiger partial charge in [0.1, 0.15) is 10.6 Å². The normalized spacial score (nSPS) is 16.7. The van der Waals surface area contributed by atoms with E-state index in [9.17, 15) is 9.59 Å². The number of aryl methyl sites for hydroxylation is 2. The van der Waals surface area contributed by atoms with E-state index >= 15 is 0 Å². The molecule has 2 aromatic heterocycles. The predicted octanol–water partition coefficient (Wildman–Crippen LogP) is 3.67. The van der Waals surface area contributed by atoms with Crippen molar-refractivity contribution in [1.82, 2.24) is 14.5 Å². The van der Waals surface area contributed by atoms with Gasteiger partial charge in [-0.3, -0.25) is 14.2 Å². The number of carbonyl (C=O) groups is 1. The van der Waals surface area contributed by atoms with E-state index in [1.807, 2.05) is 43.0 Å². The van der Waals surface area contributed by atoms with E-state index in [0.717, 1.165) is 46.5 Å². The Kier molecular flexibility index (Phi) is 6.44. The molecule has 5 rings (SSSR count). The van der Waals surface area contributed by atoms with Gasteiger partial charge < -0.3 is 14.4 Å². The van der Waals surface area contributed by atoms with E-state index in [2.05, 4.69) is 0 Å². The summed E-state index contributed by atoms with van der Waals surface area (Å²) in [4.78, 5) is 35.7. The Hall–Kier alpha value is -2.36. The van der Waals surface area contributed by atoms with Crippen LogP contribution in [0.1, 0.15) is 30.7 Å². The number of carbonyl (C=O) groups excluding carboxylic acids is 1. The molecule has 1 unspecified atom stereocenters. The van der Waals surface area contributed by atoms with Crippen molar-refractivity contribution in [3.63, 3.8) is 0 Å². The highest BCUT2D eigenvalue weighted by Crippen LogP contribution is 2.36. The highest BCUT2D eigenvalue weighted by molar-refractivity contribution is 8.00. The molecule has 0 N–H and O–H groups in total. The van der Waals surface area contributed by atoms with E-state index in [-0.39, 0.29) is 16.7 Å². The number of rotatable bonds is 6. The van der Waals surface area contributed by atoms with E-state index in [4.69, 9.17) is 14.5 Å². The number of hydrogen-bond donors (Lipinski definition) is 0. The maximum atomic E-state index is 13.8. The minimum Gasteiger partial charge on any atom is -0.494 e.